The summed E-state index contributed by atoms with van der Waals surface area (Å²) >= 11 is 0. The second-order valence-electron chi connectivity index (χ2n) is 4.38. The van der Waals surface area contributed by atoms with Gasteiger partial charge in [0.15, 0.2) is 0 Å². The molecule has 0 spiro atoms. The highest BCUT2D eigenvalue weighted by atomic mass is 19.4. The molecule has 2 amide bonds. The number of halogens is 3. The number of anilines is 1. The van der Waals surface area contributed by atoms with Crippen molar-refractivity contribution in [3.63, 3.8) is 0 Å². The van der Waals surface area contributed by atoms with Crippen molar-refractivity contribution in [2.24, 2.45) is 0 Å². The normalized spacial score (nSPS) is 11.0. The number of rotatable bonds is 6. The van der Waals surface area contributed by atoms with Gasteiger partial charge < -0.3 is 15.5 Å². The Kier molecular flexibility index (Phi) is 6.16. The van der Waals surface area contributed by atoms with Gasteiger partial charge in [-0.2, -0.15) is 13.2 Å². The summed E-state index contributed by atoms with van der Waals surface area (Å²) in [5, 5.41) is 4.56. The van der Waals surface area contributed by atoms with Gasteiger partial charge in [0.25, 0.3) is 0 Å². The topological polar surface area (TPSA) is 61.4 Å². The van der Waals surface area contributed by atoms with E-state index in [-0.39, 0.29) is 6.54 Å². The number of benzene rings is 1. The average molecular weight is 303 g/mol. The lowest BCUT2D eigenvalue weighted by atomic mass is 10.3. The molecular weight excluding hydrogens is 287 g/mol. The van der Waals surface area contributed by atoms with E-state index in [1.807, 2.05) is 5.32 Å². The smallest absolute Gasteiger partial charge is 0.335 e. The number of nitrogens with one attached hydrogen (secondary N) is 2. The Morgan fingerprint density at radius 2 is 1.81 bits per heavy atom. The van der Waals surface area contributed by atoms with Crippen LogP contribution in [0.2, 0.25) is 0 Å². The summed E-state index contributed by atoms with van der Waals surface area (Å²) in [7, 11) is 1.35. The number of hydrogen-bond donors (Lipinski definition) is 2. The molecule has 0 radical (unpaired) electrons. The van der Waals surface area contributed by atoms with Crippen LogP contribution in [0.4, 0.5) is 18.9 Å². The van der Waals surface area contributed by atoms with Crippen LogP contribution >= 0.6 is 0 Å². The van der Waals surface area contributed by atoms with E-state index >= 15 is 0 Å². The molecule has 1 aromatic carbocycles. The number of carbonyl (C=O) groups is 2. The van der Waals surface area contributed by atoms with Crippen LogP contribution in [-0.2, 0) is 9.59 Å². The van der Waals surface area contributed by atoms with Gasteiger partial charge in [-0.1, -0.05) is 18.2 Å². The third kappa shape index (κ3) is 7.31. The minimum absolute atomic E-state index is 0.235. The fourth-order valence-corrected chi connectivity index (χ4v) is 1.47. The van der Waals surface area contributed by atoms with Crippen molar-refractivity contribution in [3.8, 4) is 0 Å². The lowest BCUT2D eigenvalue weighted by Crippen LogP contribution is -2.42. The van der Waals surface area contributed by atoms with Crippen molar-refractivity contribution < 1.29 is 22.8 Å². The van der Waals surface area contributed by atoms with Gasteiger partial charge in [-0.15, -0.1) is 0 Å². The molecule has 8 heteroatoms. The van der Waals surface area contributed by atoms with Gasteiger partial charge in [-0.3, -0.25) is 9.59 Å². The number of carbonyl (C=O) groups excluding carboxylic acids is 2. The molecule has 1 aromatic rings. The molecule has 0 atom stereocenters. The van der Waals surface area contributed by atoms with Gasteiger partial charge in [0.1, 0.15) is 0 Å². The molecule has 5 nitrogen and oxygen atoms in total. The minimum atomic E-state index is -4.37. The first-order valence-electron chi connectivity index (χ1n) is 6.14. The monoisotopic (exact) mass is 303 g/mol. The number of amides is 2. The Morgan fingerprint density at radius 3 is 2.38 bits per heavy atom. The van der Waals surface area contributed by atoms with Crippen molar-refractivity contribution in [1.82, 2.24) is 10.2 Å². The molecule has 0 bridgehead atoms. The predicted molar refractivity (Wildman–Crippen MR) is 71.6 cm³/mol. The quantitative estimate of drug-likeness (QED) is 0.831. The number of para-hydroxylation sites is 1. The highest BCUT2D eigenvalue weighted by Crippen LogP contribution is 2.11. The molecule has 0 aliphatic heterocycles. The minimum Gasteiger partial charge on any atom is -0.335 e. The fraction of sp³-hybridized carbons (Fsp3) is 0.385. The zero-order chi connectivity index (χ0) is 15.9. The molecule has 0 heterocycles. The van der Waals surface area contributed by atoms with Crippen molar-refractivity contribution in [2.75, 3.05) is 32.0 Å². The summed E-state index contributed by atoms with van der Waals surface area (Å²) in [4.78, 5) is 24.2. The van der Waals surface area contributed by atoms with Crippen LogP contribution in [-0.4, -0.2) is 49.6 Å². The number of alkyl halides is 3. The van der Waals surface area contributed by atoms with Crippen LogP contribution in [0.25, 0.3) is 0 Å². The first-order valence-corrected chi connectivity index (χ1v) is 6.14. The maximum absolute atomic E-state index is 11.9. The van der Waals surface area contributed by atoms with Gasteiger partial charge in [-0.25, -0.2) is 0 Å². The first kappa shape index (κ1) is 17.0. The van der Waals surface area contributed by atoms with E-state index in [4.69, 9.17) is 0 Å². The average Bonchev–Trinajstić information content (AvgIpc) is 2.38. The predicted octanol–water partition coefficient (Wildman–Crippen LogP) is 1.24. The zero-order valence-electron chi connectivity index (χ0n) is 11.4. The third-order valence-corrected chi connectivity index (χ3v) is 2.47. The van der Waals surface area contributed by atoms with Gasteiger partial charge in [0.05, 0.1) is 19.6 Å². The molecule has 0 aliphatic carbocycles. The van der Waals surface area contributed by atoms with Crippen LogP contribution in [0, 0.1) is 0 Å². The Hall–Kier alpha value is -2.09. The van der Waals surface area contributed by atoms with Crippen molar-refractivity contribution in [3.05, 3.63) is 30.3 Å². The molecular formula is C13H16F3N3O2. The van der Waals surface area contributed by atoms with Crippen LogP contribution in [0.3, 0.4) is 0 Å². The maximum Gasteiger partial charge on any atom is 0.401 e. The van der Waals surface area contributed by atoms with Crippen LogP contribution in [0.15, 0.2) is 30.3 Å². The number of likely N-dealkylation sites (N-methyl/N-ethyl adjacent to an activating group) is 1. The molecule has 0 unspecified atom stereocenters. The molecule has 2 N–H and O–H groups in total. The largest absolute Gasteiger partial charge is 0.401 e. The van der Waals surface area contributed by atoms with E-state index in [9.17, 15) is 22.8 Å². The van der Waals surface area contributed by atoms with Crippen LogP contribution < -0.4 is 10.6 Å². The Labute approximate surface area is 120 Å². The van der Waals surface area contributed by atoms with Gasteiger partial charge in [0, 0.05) is 12.7 Å². The molecule has 0 fully saturated rings. The van der Waals surface area contributed by atoms with E-state index in [2.05, 4.69) is 5.32 Å². The highest BCUT2D eigenvalue weighted by molar-refractivity contribution is 5.94. The maximum atomic E-state index is 11.9. The summed E-state index contributed by atoms with van der Waals surface area (Å²) in [5.41, 5.74) is 0.582. The Bertz CT molecular complexity index is 477. The second-order valence-corrected chi connectivity index (χ2v) is 4.38. The lowest BCUT2D eigenvalue weighted by molar-refractivity contribution is -0.135. The van der Waals surface area contributed by atoms with E-state index < -0.39 is 31.1 Å². The molecule has 0 aromatic heterocycles. The fourth-order valence-electron chi connectivity index (χ4n) is 1.47. The summed E-state index contributed by atoms with van der Waals surface area (Å²) in [6, 6.07) is 8.64. The SMILES string of the molecule is CN(CC(=O)Nc1ccccc1)C(=O)CNCC(F)(F)F. The van der Waals surface area contributed by atoms with Gasteiger partial charge in [0.2, 0.25) is 11.8 Å². The van der Waals surface area contributed by atoms with Gasteiger partial charge in [-0.05, 0) is 12.1 Å². The first-order chi connectivity index (χ1) is 9.78. The molecule has 0 aliphatic rings. The zero-order valence-corrected chi connectivity index (χ0v) is 11.4. The second kappa shape index (κ2) is 7.63. The Balaban J connectivity index is 2.33. The summed E-state index contributed by atoms with van der Waals surface area (Å²) in [6.45, 7) is -1.96. The Morgan fingerprint density at radius 1 is 1.19 bits per heavy atom. The van der Waals surface area contributed by atoms with E-state index in [0.29, 0.717) is 5.69 Å². The third-order valence-electron chi connectivity index (χ3n) is 2.47. The van der Waals surface area contributed by atoms with E-state index in [1.54, 1.807) is 30.3 Å². The number of hydrogen-bond acceptors (Lipinski definition) is 3. The molecule has 0 saturated heterocycles. The standard InChI is InChI=1S/C13H16F3N3O2/c1-19(12(21)7-17-9-13(14,15)16)8-11(20)18-10-5-3-2-4-6-10/h2-6,17H,7-9H2,1H3,(H,18,20). The van der Waals surface area contributed by atoms with Crippen LogP contribution in [0.1, 0.15) is 0 Å². The summed E-state index contributed by atoms with van der Waals surface area (Å²) in [6.07, 6.45) is -4.37. The van der Waals surface area contributed by atoms with E-state index in [0.717, 1.165) is 4.90 Å². The summed E-state index contributed by atoms with van der Waals surface area (Å²) < 4.78 is 35.7. The molecule has 0 saturated carbocycles. The highest BCUT2D eigenvalue weighted by Gasteiger charge is 2.26. The van der Waals surface area contributed by atoms with Crippen LogP contribution in [0.5, 0.6) is 0 Å². The molecule has 21 heavy (non-hydrogen) atoms. The van der Waals surface area contributed by atoms with Crippen molar-refractivity contribution in [2.45, 2.75) is 6.18 Å². The molecule has 116 valence electrons. The summed E-state index contributed by atoms with van der Waals surface area (Å²) in [5.74, 6) is -1.02. The number of nitrogens with zero attached hydrogens (tertiary/aromatic N) is 1. The lowest BCUT2D eigenvalue weighted by Gasteiger charge is -2.17. The molecule has 1 rings (SSSR count). The van der Waals surface area contributed by atoms with Crippen molar-refractivity contribution in [1.29, 1.82) is 0 Å². The van der Waals surface area contributed by atoms with Crippen molar-refractivity contribution >= 4 is 17.5 Å². The van der Waals surface area contributed by atoms with Gasteiger partial charge >= 0.3 is 6.18 Å². The van der Waals surface area contributed by atoms with E-state index in [1.165, 1.54) is 7.05 Å².